The average molecular weight is 419 g/mol. The van der Waals surface area contributed by atoms with Crippen molar-refractivity contribution in [2.45, 2.75) is 58.4 Å². The molecule has 160 valence electrons. The first kappa shape index (κ1) is 23.5. The second kappa shape index (κ2) is 11.4. The molecule has 1 atom stereocenters. The SMILES string of the molecule is CCCOc1ccc2cc(SN(CCC(C)C)[C@@H](C(=O)NO)C(C)C)ccc2c1. The first-order chi connectivity index (χ1) is 13.8. The molecule has 0 spiro atoms. The molecule has 0 aliphatic heterocycles. The third-order valence-corrected chi connectivity index (χ3v) is 5.84. The van der Waals surface area contributed by atoms with E-state index >= 15 is 0 Å². The van der Waals surface area contributed by atoms with Crippen LogP contribution in [0.4, 0.5) is 0 Å². The van der Waals surface area contributed by atoms with E-state index in [1.165, 1.54) is 0 Å². The van der Waals surface area contributed by atoms with Crippen LogP contribution in [0.25, 0.3) is 10.8 Å². The molecule has 0 radical (unpaired) electrons. The smallest absolute Gasteiger partial charge is 0.261 e. The van der Waals surface area contributed by atoms with Crippen LogP contribution in [0.15, 0.2) is 41.3 Å². The molecule has 0 aliphatic carbocycles. The summed E-state index contributed by atoms with van der Waals surface area (Å²) in [4.78, 5) is 13.4. The summed E-state index contributed by atoms with van der Waals surface area (Å²) in [6.45, 7) is 11.9. The predicted octanol–water partition coefficient (Wildman–Crippen LogP) is 5.51. The number of hydrogen-bond acceptors (Lipinski definition) is 5. The van der Waals surface area contributed by atoms with Crippen LogP contribution < -0.4 is 10.2 Å². The Labute approximate surface area is 178 Å². The van der Waals surface area contributed by atoms with E-state index in [1.54, 1.807) is 11.9 Å². The standard InChI is InChI=1S/C23H34N2O3S/c1-6-13-28-20-9-7-19-15-21(10-8-18(19)14-20)29-25(12-11-16(2)3)22(17(4)5)23(26)24-27/h7-10,14-17,22,27H,6,11-13H2,1-5H3,(H,24,26)/t22-/m1/s1. The molecule has 0 bridgehead atoms. The minimum Gasteiger partial charge on any atom is -0.494 e. The number of benzene rings is 2. The van der Waals surface area contributed by atoms with Gasteiger partial charge in [0.15, 0.2) is 0 Å². The van der Waals surface area contributed by atoms with E-state index in [9.17, 15) is 10.0 Å². The number of nitrogens with one attached hydrogen (secondary N) is 1. The number of hydrogen-bond donors (Lipinski definition) is 2. The molecule has 2 N–H and O–H groups in total. The Bertz CT molecular complexity index is 795. The molecule has 1 amide bonds. The van der Waals surface area contributed by atoms with E-state index in [1.807, 2.05) is 25.4 Å². The number of carbonyl (C=O) groups is 1. The number of hydroxylamine groups is 1. The molecule has 0 saturated carbocycles. The largest absolute Gasteiger partial charge is 0.494 e. The fourth-order valence-electron chi connectivity index (χ4n) is 3.16. The van der Waals surface area contributed by atoms with E-state index < -0.39 is 6.04 Å². The summed E-state index contributed by atoms with van der Waals surface area (Å²) in [5.41, 5.74) is 1.85. The molecule has 2 aromatic carbocycles. The van der Waals surface area contributed by atoms with Crippen molar-refractivity contribution < 1.29 is 14.7 Å². The lowest BCUT2D eigenvalue weighted by atomic mass is 10.0. The third kappa shape index (κ3) is 6.91. The minimum absolute atomic E-state index is 0.0699. The normalized spacial score (nSPS) is 12.7. The van der Waals surface area contributed by atoms with Crippen molar-refractivity contribution in [3.8, 4) is 5.75 Å². The molecule has 0 saturated heterocycles. The third-order valence-electron chi connectivity index (χ3n) is 4.73. The lowest BCUT2D eigenvalue weighted by Crippen LogP contribution is -2.46. The maximum Gasteiger partial charge on any atom is 0.261 e. The van der Waals surface area contributed by atoms with Crippen molar-refractivity contribution in [3.05, 3.63) is 36.4 Å². The van der Waals surface area contributed by atoms with E-state index in [2.05, 4.69) is 55.4 Å². The highest BCUT2D eigenvalue weighted by Crippen LogP contribution is 2.32. The number of fused-ring (bicyclic) bond motifs is 1. The van der Waals surface area contributed by atoms with Gasteiger partial charge in [0.25, 0.3) is 5.91 Å². The fourth-order valence-corrected chi connectivity index (χ4v) is 4.39. The molecule has 0 aromatic heterocycles. The average Bonchev–Trinajstić information content (AvgIpc) is 2.69. The van der Waals surface area contributed by atoms with Gasteiger partial charge in [-0.2, -0.15) is 0 Å². The maximum absolute atomic E-state index is 12.3. The summed E-state index contributed by atoms with van der Waals surface area (Å²) in [6.07, 6.45) is 1.96. The van der Waals surface area contributed by atoms with Crippen molar-refractivity contribution in [2.24, 2.45) is 11.8 Å². The number of carbonyl (C=O) groups excluding carboxylic acids is 1. The molecule has 0 fully saturated rings. The fraction of sp³-hybridized carbons (Fsp3) is 0.522. The van der Waals surface area contributed by atoms with Crippen LogP contribution in [0.5, 0.6) is 5.75 Å². The number of nitrogens with zero attached hydrogens (tertiary/aromatic N) is 1. The van der Waals surface area contributed by atoms with Gasteiger partial charge in [0.1, 0.15) is 11.8 Å². The maximum atomic E-state index is 12.3. The molecule has 2 aromatic rings. The molecule has 0 unspecified atom stereocenters. The molecule has 0 heterocycles. The Morgan fingerprint density at radius 1 is 1.14 bits per heavy atom. The van der Waals surface area contributed by atoms with Crippen LogP contribution in [0.1, 0.15) is 47.5 Å². The van der Waals surface area contributed by atoms with Gasteiger partial charge in [-0.1, -0.05) is 46.8 Å². The highest BCUT2D eigenvalue weighted by molar-refractivity contribution is 7.97. The molecule has 2 rings (SSSR count). The van der Waals surface area contributed by atoms with Crippen LogP contribution in [0, 0.1) is 11.8 Å². The molecule has 29 heavy (non-hydrogen) atoms. The van der Waals surface area contributed by atoms with E-state index in [0.29, 0.717) is 12.5 Å². The zero-order valence-corrected chi connectivity index (χ0v) is 19.0. The van der Waals surface area contributed by atoms with Crippen LogP contribution in [-0.4, -0.2) is 34.6 Å². The highest BCUT2D eigenvalue weighted by atomic mass is 32.2. The van der Waals surface area contributed by atoms with E-state index in [4.69, 9.17) is 4.74 Å². The molecule has 6 heteroatoms. The van der Waals surface area contributed by atoms with Gasteiger partial charge in [0.2, 0.25) is 0 Å². The van der Waals surface area contributed by atoms with E-state index in [0.717, 1.165) is 40.8 Å². The van der Waals surface area contributed by atoms with Crippen molar-refractivity contribution in [1.29, 1.82) is 0 Å². The van der Waals surface area contributed by atoms with Gasteiger partial charge in [-0.15, -0.1) is 0 Å². The van der Waals surface area contributed by atoms with E-state index in [-0.39, 0.29) is 11.8 Å². The Kier molecular flexibility index (Phi) is 9.27. The van der Waals surface area contributed by atoms with Crippen LogP contribution in [-0.2, 0) is 4.79 Å². The van der Waals surface area contributed by atoms with Crippen LogP contribution >= 0.6 is 11.9 Å². The monoisotopic (exact) mass is 418 g/mol. The van der Waals surface area contributed by atoms with Gasteiger partial charge in [-0.25, -0.2) is 9.79 Å². The van der Waals surface area contributed by atoms with Gasteiger partial charge in [-0.05, 0) is 71.7 Å². The Balaban J connectivity index is 2.26. The zero-order chi connectivity index (χ0) is 21.4. The molecular formula is C23H34N2O3S. The number of rotatable bonds is 11. The van der Waals surface area contributed by atoms with Gasteiger partial charge in [0.05, 0.1) is 6.61 Å². The molecular weight excluding hydrogens is 384 g/mol. The lowest BCUT2D eigenvalue weighted by Gasteiger charge is -2.32. The van der Waals surface area contributed by atoms with Crippen molar-refractivity contribution in [1.82, 2.24) is 9.79 Å². The Morgan fingerprint density at radius 2 is 1.83 bits per heavy atom. The first-order valence-electron chi connectivity index (χ1n) is 10.4. The summed E-state index contributed by atoms with van der Waals surface area (Å²) in [5.74, 6) is 1.12. The second-order valence-electron chi connectivity index (χ2n) is 8.10. The topological polar surface area (TPSA) is 61.8 Å². The summed E-state index contributed by atoms with van der Waals surface area (Å²) < 4.78 is 7.82. The number of ether oxygens (including phenoxy) is 1. The zero-order valence-electron chi connectivity index (χ0n) is 18.1. The Morgan fingerprint density at radius 3 is 2.45 bits per heavy atom. The molecule has 5 nitrogen and oxygen atoms in total. The van der Waals surface area contributed by atoms with Gasteiger partial charge < -0.3 is 4.74 Å². The summed E-state index contributed by atoms with van der Waals surface area (Å²) >= 11 is 1.57. The minimum atomic E-state index is -0.413. The Hall–Kier alpha value is -1.76. The predicted molar refractivity (Wildman–Crippen MR) is 120 cm³/mol. The summed E-state index contributed by atoms with van der Waals surface area (Å²) in [5, 5.41) is 11.5. The summed E-state index contributed by atoms with van der Waals surface area (Å²) in [7, 11) is 0. The van der Waals surface area contributed by atoms with Crippen molar-refractivity contribution in [2.75, 3.05) is 13.2 Å². The van der Waals surface area contributed by atoms with Gasteiger partial charge >= 0.3 is 0 Å². The van der Waals surface area contributed by atoms with Crippen LogP contribution in [0.2, 0.25) is 0 Å². The first-order valence-corrected chi connectivity index (χ1v) is 11.2. The summed E-state index contributed by atoms with van der Waals surface area (Å²) in [6, 6.07) is 12.0. The van der Waals surface area contributed by atoms with Gasteiger partial charge in [0, 0.05) is 11.4 Å². The highest BCUT2D eigenvalue weighted by Gasteiger charge is 2.29. The number of amides is 1. The quantitative estimate of drug-likeness (QED) is 0.286. The lowest BCUT2D eigenvalue weighted by molar-refractivity contribution is -0.134. The van der Waals surface area contributed by atoms with Gasteiger partial charge in [-0.3, -0.25) is 10.0 Å². The van der Waals surface area contributed by atoms with Crippen molar-refractivity contribution >= 4 is 28.6 Å². The van der Waals surface area contributed by atoms with Crippen molar-refractivity contribution in [3.63, 3.8) is 0 Å². The van der Waals surface area contributed by atoms with Crippen LogP contribution in [0.3, 0.4) is 0 Å². The second-order valence-corrected chi connectivity index (χ2v) is 9.22. The molecule has 0 aliphatic rings.